The van der Waals surface area contributed by atoms with Gasteiger partial charge in [-0.3, -0.25) is 4.79 Å². The molecule has 1 amide bonds. The van der Waals surface area contributed by atoms with E-state index in [0.29, 0.717) is 6.42 Å². The van der Waals surface area contributed by atoms with Gasteiger partial charge in [0.2, 0.25) is 5.91 Å². The van der Waals surface area contributed by atoms with Gasteiger partial charge in [-0.2, -0.15) is 0 Å². The quantitative estimate of drug-likeness (QED) is 0.819. The summed E-state index contributed by atoms with van der Waals surface area (Å²) in [6.45, 7) is 3.96. The minimum atomic E-state index is -0.0973. The molecule has 0 saturated heterocycles. The van der Waals surface area contributed by atoms with Crippen molar-refractivity contribution in [2.45, 2.75) is 31.2 Å². The van der Waals surface area contributed by atoms with Crippen molar-refractivity contribution >= 4 is 23.4 Å². The molecule has 1 rings (SSSR count). The first-order chi connectivity index (χ1) is 8.04. The Balaban J connectivity index is 2.68. The molecule has 0 spiro atoms. The second-order valence-corrected chi connectivity index (χ2v) is 5.40. The lowest BCUT2D eigenvalue weighted by Crippen LogP contribution is -2.31. The standard InChI is InChI=1S/C13H20N2OS/c1-4-17-12-7-5-11(6-8-12)15(3)13(16)9-10(2)14/h5-8,10H,4,9,14H2,1-3H3. The fourth-order valence-corrected chi connectivity index (χ4v) is 2.15. The van der Waals surface area contributed by atoms with Gasteiger partial charge in [0.15, 0.2) is 0 Å². The van der Waals surface area contributed by atoms with Gasteiger partial charge < -0.3 is 10.6 Å². The lowest BCUT2D eigenvalue weighted by Gasteiger charge is -2.18. The number of carbonyl (C=O) groups is 1. The fraction of sp³-hybridized carbons (Fsp3) is 0.462. The van der Waals surface area contributed by atoms with Crippen molar-refractivity contribution in [3.05, 3.63) is 24.3 Å². The summed E-state index contributed by atoms with van der Waals surface area (Å²) in [6, 6.07) is 7.92. The number of amides is 1. The van der Waals surface area contributed by atoms with Crippen LogP contribution in [0.15, 0.2) is 29.2 Å². The van der Waals surface area contributed by atoms with Crippen LogP contribution in [0.4, 0.5) is 5.69 Å². The maximum Gasteiger partial charge on any atom is 0.228 e. The van der Waals surface area contributed by atoms with Crippen LogP contribution in [0.3, 0.4) is 0 Å². The molecule has 0 aromatic heterocycles. The Kier molecular flexibility index (Phi) is 5.51. The molecule has 1 aromatic carbocycles. The Hall–Kier alpha value is -1.00. The lowest BCUT2D eigenvalue weighted by atomic mass is 10.2. The Morgan fingerprint density at radius 1 is 1.41 bits per heavy atom. The highest BCUT2D eigenvalue weighted by Crippen LogP contribution is 2.21. The minimum absolute atomic E-state index is 0.0518. The van der Waals surface area contributed by atoms with Gasteiger partial charge in [-0.25, -0.2) is 0 Å². The highest BCUT2D eigenvalue weighted by Gasteiger charge is 2.12. The molecule has 0 aliphatic heterocycles. The third-order valence-corrected chi connectivity index (χ3v) is 3.30. The van der Waals surface area contributed by atoms with E-state index in [0.717, 1.165) is 11.4 Å². The van der Waals surface area contributed by atoms with Crippen molar-refractivity contribution in [1.29, 1.82) is 0 Å². The number of hydrogen-bond donors (Lipinski definition) is 1. The van der Waals surface area contributed by atoms with E-state index in [9.17, 15) is 4.79 Å². The highest BCUT2D eigenvalue weighted by molar-refractivity contribution is 7.99. The van der Waals surface area contributed by atoms with E-state index in [4.69, 9.17) is 5.73 Å². The average Bonchev–Trinajstić information content (AvgIpc) is 2.28. The van der Waals surface area contributed by atoms with E-state index < -0.39 is 0 Å². The molecule has 0 radical (unpaired) electrons. The Morgan fingerprint density at radius 2 is 2.00 bits per heavy atom. The molecule has 1 unspecified atom stereocenters. The fourth-order valence-electron chi connectivity index (χ4n) is 1.49. The normalized spacial score (nSPS) is 12.2. The van der Waals surface area contributed by atoms with Crippen molar-refractivity contribution in [1.82, 2.24) is 0 Å². The van der Waals surface area contributed by atoms with E-state index >= 15 is 0 Å². The van der Waals surface area contributed by atoms with E-state index in [2.05, 4.69) is 6.92 Å². The molecule has 1 aromatic rings. The number of hydrogen-bond acceptors (Lipinski definition) is 3. The molecule has 17 heavy (non-hydrogen) atoms. The molecule has 0 fully saturated rings. The van der Waals surface area contributed by atoms with Crippen LogP contribution in [0.25, 0.3) is 0 Å². The van der Waals surface area contributed by atoms with Crippen LogP contribution < -0.4 is 10.6 Å². The molecule has 3 nitrogen and oxygen atoms in total. The summed E-state index contributed by atoms with van der Waals surface area (Å²) in [4.78, 5) is 14.7. The number of benzene rings is 1. The first kappa shape index (κ1) is 14.1. The average molecular weight is 252 g/mol. The summed E-state index contributed by atoms with van der Waals surface area (Å²) in [5.74, 6) is 1.11. The molecule has 4 heteroatoms. The largest absolute Gasteiger partial charge is 0.327 e. The van der Waals surface area contributed by atoms with Crippen molar-refractivity contribution in [3.8, 4) is 0 Å². The predicted octanol–water partition coefficient (Wildman–Crippen LogP) is 2.50. The summed E-state index contributed by atoms with van der Waals surface area (Å²) in [5.41, 5.74) is 6.54. The highest BCUT2D eigenvalue weighted by atomic mass is 32.2. The molecular formula is C13H20N2OS. The summed E-state index contributed by atoms with van der Waals surface area (Å²) in [7, 11) is 1.78. The molecule has 0 bridgehead atoms. The van der Waals surface area contributed by atoms with E-state index in [-0.39, 0.29) is 11.9 Å². The van der Waals surface area contributed by atoms with Crippen molar-refractivity contribution in [2.75, 3.05) is 17.7 Å². The van der Waals surface area contributed by atoms with Crippen molar-refractivity contribution < 1.29 is 4.79 Å². The third kappa shape index (κ3) is 4.40. The summed E-state index contributed by atoms with van der Waals surface area (Å²) in [5, 5.41) is 0. The van der Waals surface area contributed by atoms with Gasteiger partial charge in [-0.05, 0) is 36.9 Å². The smallest absolute Gasteiger partial charge is 0.228 e. The summed E-state index contributed by atoms with van der Waals surface area (Å²) >= 11 is 1.79. The monoisotopic (exact) mass is 252 g/mol. The lowest BCUT2D eigenvalue weighted by molar-refractivity contribution is -0.118. The van der Waals surface area contributed by atoms with Crippen molar-refractivity contribution in [3.63, 3.8) is 0 Å². The molecule has 2 N–H and O–H groups in total. The van der Waals surface area contributed by atoms with Gasteiger partial charge in [0.1, 0.15) is 0 Å². The first-order valence-corrected chi connectivity index (χ1v) is 6.78. The van der Waals surface area contributed by atoms with E-state index in [1.54, 1.807) is 23.7 Å². The Morgan fingerprint density at radius 3 is 2.47 bits per heavy atom. The van der Waals surface area contributed by atoms with Crippen LogP contribution >= 0.6 is 11.8 Å². The van der Waals surface area contributed by atoms with Gasteiger partial charge in [-0.1, -0.05) is 6.92 Å². The predicted molar refractivity (Wildman–Crippen MR) is 74.5 cm³/mol. The van der Waals surface area contributed by atoms with Crippen LogP contribution in [0.5, 0.6) is 0 Å². The van der Waals surface area contributed by atoms with E-state index in [1.165, 1.54) is 4.90 Å². The number of thioether (sulfide) groups is 1. The van der Waals surface area contributed by atoms with Gasteiger partial charge in [-0.15, -0.1) is 11.8 Å². The Bertz CT molecular complexity index is 362. The zero-order chi connectivity index (χ0) is 12.8. The van der Waals surface area contributed by atoms with Crippen LogP contribution in [0.2, 0.25) is 0 Å². The van der Waals surface area contributed by atoms with Gasteiger partial charge in [0.25, 0.3) is 0 Å². The summed E-state index contributed by atoms with van der Waals surface area (Å²) in [6.07, 6.45) is 0.377. The first-order valence-electron chi connectivity index (χ1n) is 5.79. The van der Waals surface area contributed by atoms with Crippen LogP contribution in [-0.4, -0.2) is 24.7 Å². The second-order valence-electron chi connectivity index (χ2n) is 4.06. The molecule has 0 saturated carbocycles. The topological polar surface area (TPSA) is 46.3 Å². The number of nitrogens with two attached hydrogens (primary N) is 1. The molecule has 0 aliphatic rings. The molecule has 94 valence electrons. The zero-order valence-electron chi connectivity index (χ0n) is 10.6. The molecular weight excluding hydrogens is 232 g/mol. The zero-order valence-corrected chi connectivity index (χ0v) is 11.5. The molecule has 0 heterocycles. The van der Waals surface area contributed by atoms with Crippen LogP contribution in [0.1, 0.15) is 20.3 Å². The molecule has 1 atom stereocenters. The number of carbonyl (C=O) groups excluding carboxylic acids is 1. The van der Waals surface area contributed by atoms with Gasteiger partial charge in [0.05, 0.1) is 0 Å². The van der Waals surface area contributed by atoms with Crippen LogP contribution in [0, 0.1) is 0 Å². The maximum absolute atomic E-state index is 11.8. The third-order valence-electron chi connectivity index (χ3n) is 2.41. The van der Waals surface area contributed by atoms with Gasteiger partial charge >= 0.3 is 0 Å². The number of rotatable bonds is 5. The van der Waals surface area contributed by atoms with E-state index in [1.807, 2.05) is 31.2 Å². The maximum atomic E-state index is 11.8. The number of nitrogens with zero attached hydrogens (tertiary/aromatic N) is 1. The second kappa shape index (κ2) is 6.67. The number of anilines is 1. The summed E-state index contributed by atoms with van der Waals surface area (Å²) < 4.78 is 0. The minimum Gasteiger partial charge on any atom is -0.327 e. The SMILES string of the molecule is CCSc1ccc(N(C)C(=O)CC(C)N)cc1. The van der Waals surface area contributed by atoms with Crippen molar-refractivity contribution in [2.24, 2.45) is 5.73 Å². The Labute approximate surface area is 107 Å². The molecule has 0 aliphatic carbocycles. The van der Waals surface area contributed by atoms with Gasteiger partial charge in [0, 0.05) is 30.1 Å². The van der Waals surface area contributed by atoms with Crippen LogP contribution in [-0.2, 0) is 4.79 Å².